The van der Waals surface area contributed by atoms with Gasteiger partial charge in [-0.25, -0.2) is 4.68 Å². The summed E-state index contributed by atoms with van der Waals surface area (Å²) in [5.41, 5.74) is 3.32. The quantitative estimate of drug-likeness (QED) is 0.826. The van der Waals surface area contributed by atoms with E-state index in [2.05, 4.69) is 16.1 Å². The van der Waals surface area contributed by atoms with Crippen molar-refractivity contribution < 1.29 is 0 Å². The molecule has 94 valence electrons. The molecule has 4 heteroatoms. The van der Waals surface area contributed by atoms with E-state index in [1.54, 1.807) is 0 Å². The van der Waals surface area contributed by atoms with E-state index in [9.17, 15) is 0 Å². The Morgan fingerprint density at radius 3 is 2.67 bits per heavy atom. The van der Waals surface area contributed by atoms with Gasteiger partial charge in [-0.2, -0.15) is 5.10 Å². The zero-order valence-corrected chi connectivity index (χ0v) is 11.2. The Labute approximate surface area is 112 Å². The highest BCUT2D eigenvalue weighted by molar-refractivity contribution is 6.33. The molecule has 1 aliphatic rings. The van der Waals surface area contributed by atoms with E-state index in [0.29, 0.717) is 0 Å². The molecule has 1 saturated heterocycles. The third kappa shape index (κ3) is 1.99. The maximum atomic E-state index is 6.36. The smallest absolute Gasteiger partial charge is 0.106 e. The molecular weight excluding hydrogens is 246 g/mol. The zero-order chi connectivity index (χ0) is 12.5. The fourth-order valence-electron chi connectivity index (χ4n) is 2.48. The Hall–Kier alpha value is -1.48. The minimum atomic E-state index is 0.752. The van der Waals surface area contributed by atoms with Crippen LogP contribution < -0.4 is 4.90 Å². The van der Waals surface area contributed by atoms with Gasteiger partial charge in [-0.3, -0.25) is 0 Å². The average Bonchev–Trinajstić information content (AvgIpc) is 2.99. The SMILES string of the molecule is Cc1cnn(-c2c(Cl)cccc2N2CCCC2)c1. The van der Waals surface area contributed by atoms with Crippen molar-refractivity contribution in [3.05, 3.63) is 41.2 Å². The van der Waals surface area contributed by atoms with Crippen LogP contribution in [0.5, 0.6) is 0 Å². The maximum absolute atomic E-state index is 6.36. The van der Waals surface area contributed by atoms with Crippen LogP contribution in [0.2, 0.25) is 5.02 Å². The molecule has 1 aromatic carbocycles. The summed E-state index contributed by atoms with van der Waals surface area (Å²) < 4.78 is 1.88. The van der Waals surface area contributed by atoms with Gasteiger partial charge in [0.1, 0.15) is 5.69 Å². The van der Waals surface area contributed by atoms with Crippen LogP contribution in [0.25, 0.3) is 5.69 Å². The fourth-order valence-corrected chi connectivity index (χ4v) is 2.74. The maximum Gasteiger partial charge on any atom is 0.106 e. The largest absolute Gasteiger partial charge is 0.370 e. The van der Waals surface area contributed by atoms with E-state index in [1.807, 2.05) is 36.1 Å². The highest BCUT2D eigenvalue weighted by atomic mass is 35.5. The standard InChI is InChI=1S/C14H16ClN3/c1-11-9-16-18(10-11)14-12(15)5-4-6-13(14)17-7-2-3-8-17/h4-6,9-10H,2-3,7-8H2,1H3. The Bertz CT molecular complexity index is 556. The number of rotatable bonds is 2. The van der Waals surface area contributed by atoms with Crippen LogP contribution in [-0.4, -0.2) is 22.9 Å². The van der Waals surface area contributed by atoms with Gasteiger partial charge in [0.2, 0.25) is 0 Å². The van der Waals surface area contributed by atoms with E-state index in [-0.39, 0.29) is 0 Å². The van der Waals surface area contributed by atoms with Crippen molar-refractivity contribution in [1.29, 1.82) is 0 Å². The molecule has 2 heterocycles. The second-order valence-electron chi connectivity index (χ2n) is 4.76. The number of halogens is 1. The Morgan fingerprint density at radius 2 is 2.00 bits per heavy atom. The van der Waals surface area contributed by atoms with E-state index in [0.717, 1.165) is 29.4 Å². The summed E-state index contributed by atoms with van der Waals surface area (Å²) in [7, 11) is 0. The highest BCUT2D eigenvalue weighted by Crippen LogP contribution is 2.32. The lowest BCUT2D eigenvalue weighted by Gasteiger charge is -2.22. The lowest BCUT2D eigenvalue weighted by Crippen LogP contribution is -2.20. The predicted octanol–water partition coefficient (Wildman–Crippen LogP) is 3.43. The van der Waals surface area contributed by atoms with Gasteiger partial charge >= 0.3 is 0 Å². The molecule has 3 rings (SSSR count). The summed E-state index contributed by atoms with van der Waals surface area (Å²) in [4.78, 5) is 2.39. The second-order valence-corrected chi connectivity index (χ2v) is 5.17. The molecule has 0 aliphatic carbocycles. The average molecular weight is 262 g/mol. The van der Waals surface area contributed by atoms with E-state index < -0.39 is 0 Å². The third-order valence-electron chi connectivity index (χ3n) is 3.35. The summed E-state index contributed by atoms with van der Waals surface area (Å²) in [6.07, 6.45) is 6.38. The summed E-state index contributed by atoms with van der Waals surface area (Å²) in [6.45, 7) is 4.25. The van der Waals surface area contributed by atoms with Gasteiger partial charge in [-0.15, -0.1) is 0 Å². The van der Waals surface area contributed by atoms with Crippen molar-refractivity contribution in [3.63, 3.8) is 0 Å². The van der Waals surface area contributed by atoms with Gasteiger partial charge < -0.3 is 4.90 Å². The number of hydrogen-bond acceptors (Lipinski definition) is 2. The van der Waals surface area contributed by atoms with Crippen LogP contribution in [0, 0.1) is 6.92 Å². The van der Waals surface area contributed by atoms with E-state index in [4.69, 9.17) is 11.6 Å². The molecule has 0 radical (unpaired) electrons. The predicted molar refractivity (Wildman–Crippen MR) is 74.8 cm³/mol. The molecule has 0 N–H and O–H groups in total. The van der Waals surface area contributed by atoms with Crippen molar-refractivity contribution >= 4 is 17.3 Å². The first-order valence-corrected chi connectivity index (χ1v) is 6.68. The molecule has 3 nitrogen and oxygen atoms in total. The van der Waals surface area contributed by atoms with Crippen LogP contribution in [0.3, 0.4) is 0 Å². The van der Waals surface area contributed by atoms with Gasteiger partial charge in [0, 0.05) is 19.3 Å². The summed E-state index contributed by atoms with van der Waals surface area (Å²) in [5.74, 6) is 0. The first-order valence-electron chi connectivity index (χ1n) is 6.31. The van der Waals surface area contributed by atoms with Crippen molar-refractivity contribution in [2.24, 2.45) is 0 Å². The number of aromatic nitrogens is 2. The number of hydrogen-bond donors (Lipinski definition) is 0. The van der Waals surface area contributed by atoms with Gasteiger partial charge in [-0.1, -0.05) is 17.7 Å². The van der Waals surface area contributed by atoms with Crippen LogP contribution >= 0.6 is 11.6 Å². The van der Waals surface area contributed by atoms with Gasteiger partial charge in [0.05, 0.1) is 16.9 Å². The molecule has 1 aliphatic heterocycles. The van der Waals surface area contributed by atoms with Crippen molar-refractivity contribution in [3.8, 4) is 5.69 Å². The first kappa shape index (κ1) is 11.6. The number of anilines is 1. The molecule has 0 atom stereocenters. The molecule has 2 aromatic rings. The second kappa shape index (κ2) is 4.65. The van der Waals surface area contributed by atoms with Gasteiger partial charge in [-0.05, 0) is 37.5 Å². The monoisotopic (exact) mass is 261 g/mol. The molecule has 0 saturated carbocycles. The normalized spacial score (nSPS) is 15.3. The molecule has 0 unspecified atom stereocenters. The minimum absolute atomic E-state index is 0.752. The third-order valence-corrected chi connectivity index (χ3v) is 3.66. The minimum Gasteiger partial charge on any atom is -0.370 e. The topological polar surface area (TPSA) is 21.1 Å². The number of aryl methyl sites for hydroxylation is 1. The molecule has 1 fully saturated rings. The highest BCUT2D eigenvalue weighted by Gasteiger charge is 2.18. The molecule has 1 aromatic heterocycles. The first-order chi connectivity index (χ1) is 8.75. The number of benzene rings is 1. The van der Waals surface area contributed by atoms with Crippen LogP contribution in [0.1, 0.15) is 18.4 Å². The summed E-state index contributed by atoms with van der Waals surface area (Å²) >= 11 is 6.36. The van der Waals surface area contributed by atoms with Gasteiger partial charge in [0.25, 0.3) is 0 Å². The molecular formula is C14H16ClN3. The molecule has 0 bridgehead atoms. The number of para-hydroxylation sites is 1. The van der Waals surface area contributed by atoms with Gasteiger partial charge in [0.15, 0.2) is 0 Å². The number of nitrogens with zero attached hydrogens (tertiary/aromatic N) is 3. The Morgan fingerprint density at radius 1 is 1.22 bits per heavy atom. The van der Waals surface area contributed by atoms with Crippen LogP contribution in [0.4, 0.5) is 5.69 Å². The van der Waals surface area contributed by atoms with Crippen LogP contribution in [0.15, 0.2) is 30.6 Å². The van der Waals surface area contributed by atoms with E-state index >= 15 is 0 Å². The summed E-state index contributed by atoms with van der Waals surface area (Å²) in [6, 6.07) is 6.06. The summed E-state index contributed by atoms with van der Waals surface area (Å²) in [5, 5.41) is 5.14. The van der Waals surface area contributed by atoms with E-state index in [1.165, 1.54) is 18.5 Å². The lowest BCUT2D eigenvalue weighted by atomic mass is 10.2. The molecule has 18 heavy (non-hydrogen) atoms. The Balaban J connectivity index is 2.11. The molecule has 0 amide bonds. The van der Waals surface area contributed by atoms with Crippen molar-refractivity contribution in [2.45, 2.75) is 19.8 Å². The van der Waals surface area contributed by atoms with Crippen LogP contribution in [-0.2, 0) is 0 Å². The Kier molecular flexibility index (Phi) is 3.00. The zero-order valence-electron chi connectivity index (χ0n) is 10.4. The van der Waals surface area contributed by atoms with Crippen molar-refractivity contribution in [1.82, 2.24) is 9.78 Å². The fraction of sp³-hybridized carbons (Fsp3) is 0.357. The lowest BCUT2D eigenvalue weighted by molar-refractivity contribution is 0.862. The molecule has 0 spiro atoms. The van der Waals surface area contributed by atoms with Crippen molar-refractivity contribution in [2.75, 3.05) is 18.0 Å².